The monoisotopic (exact) mass is 295 g/mol. The van der Waals surface area contributed by atoms with Gasteiger partial charge in [0.1, 0.15) is 5.82 Å². The summed E-state index contributed by atoms with van der Waals surface area (Å²) in [5, 5.41) is 2.89. The molecule has 1 unspecified atom stereocenters. The van der Waals surface area contributed by atoms with Crippen LogP contribution >= 0.6 is 0 Å². The molecule has 1 saturated heterocycles. The SMILES string of the molecule is CC(Cc1ccc(F)cc1)C(=O)NCCC1(C)OCCO1. The highest BCUT2D eigenvalue weighted by Crippen LogP contribution is 2.21. The number of hydrogen-bond acceptors (Lipinski definition) is 3. The van der Waals surface area contributed by atoms with Crippen molar-refractivity contribution >= 4 is 5.91 Å². The third-order valence-corrected chi connectivity index (χ3v) is 3.68. The molecule has 0 bridgehead atoms. The fourth-order valence-corrected chi connectivity index (χ4v) is 2.35. The van der Waals surface area contributed by atoms with E-state index in [1.807, 2.05) is 13.8 Å². The summed E-state index contributed by atoms with van der Waals surface area (Å²) in [6.07, 6.45) is 1.22. The first kappa shape index (κ1) is 15.9. The number of ether oxygens (including phenoxy) is 2. The van der Waals surface area contributed by atoms with Crippen LogP contribution in [0.25, 0.3) is 0 Å². The van der Waals surface area contributed by atoms with E-state index in [9.17, 15) is 9.18 Å². The standard InChI is InChI=1S/C16H22FNO3/c1-12(11-13-3-5-14(17)6-4-13)15(19)18-8-7-16(2)20-9-10-21-16/h3-6,12H,7-11H2,1-2H3,(H,18,19). The summed E-state index contributed by atoms with van der Waals surface area (Å²) >= 11 is 0. The zero-order chi connectivity index (χ0) is 15.3. The van der Waals surface area contributed by atoms with Crippen LogP contribution in [0.5, 0.6) is 0 Å². The Morgan fingerprint density at radius 2 is 1.95 bits per heavy atom. The van der Waals surface area contributed by atoms with Gasteiger partial charge in [0.25, 0.3) is 0 Å². The molecule has 5 heteroatoms. The quantitative estimate of drug-likeness (QED) is 0.876. The van der Waals surface area contributed by atoms with Crippen molar-refractivity contribution in [3.63, 3.8) is 0 Å². The van der Waals surface area contributed by atoms with E-state index in [0.717, 1.165) is 5.56 Å². The summed E-state index contributed by atoms with van der Waals surface area (Å²) in [5.74, 6) is -1.01. The molecule has 0 spiro atoms. The number of carbonyl (C=O) groups is 1. The maximum atomic E-state index is 12.8. The third kappa shape index (κ3) is 4.79. The van der Waals surface area contributed by atoms with Crippen LogP contribution in [0.2, 0.25) is 0 Å². The van der Waals surface area contributed by atoms with Gasteiger partial charge in [0.05, 0.1) is 13.2 Å². The van der Waals surface area contributed by atoms with Gasteiger partial charge in [-0.2, -0.15) is 0 Å². The second-order valence-corrected chi connectivity index (χ2v) is 5.60. The van der Waals surface area contributed by atoms with E-state index in [1.54, 1.807) is 12.1 Å². The first-order valence-corrected chi connectivity index (χ1v) is 7.29. The second kappa shape index (κ2) is 7.00. The molecule has 2 rings (SSSR count). The Morgan fingerprint density at radius 1 is 1.33 bits per heavy atom. The summed E-state index contributed by atoms with van der Waals surface area (Å²) < 4.78 is 23.8. The van der Waals surface area contributed by atoms with Crippen molar-refractivity contribution < 1.29 is 18.7 Å². The molecule has 1 amide bonds. The van der Waals surface area contributed by atoms with Crippen molar-refractivity contribution in [2.75, 3.05) is 19.8 Å². The molecule has 1 aliphatic heterocycles. The van der Waals surface area contributed by atoms with E-state index in [0.29, 0.717) is 32.6 Å². The Bertz CT molecular complexity index is 469. The van der Waals surface area contributed by atoms with Crippen LogP contribution in [0.1, 0.15) is 25.8 Å². The number of nitrogens with one attached hydrogen (secondary N) is 1. The smallest absolute Gasteiger partial charge is 0.223 e. The molecular weight excluding hydrogens is 273 g/mol. The number of amides is 1. The molecule has 1 aromatic carbocycles. The van der Waals surface area contributed by atoms with Gasteiger partial charge in [-0.1, -0.05) is 19.1 Å². The van der Waals surface area contributed by atoms with Crippen LogP contribution in [0.15, 0.2) is 24.3 Å². The van der Waals surface area contributed by atoms with Gasteiger partial charge in [0, 0.05) is 18.9 Å². The topological polar surface area (TPSA) is 47.6 Å². The van der Waals surface area contributed by atoms with E-state index >= 15 is 0 Å². The van der Waals surface area contributed by atoms with E-state index < -0.39 is 5.79 Å². The molecule has 1 aromatic rings. The normalized spacial score (nSPS) is 18.4. The van der Waals surface area contributed by atoms with Crippen LogP contribution in [-0.2, 0) is 20.7 Å². The van der Waals surface area contributed by atoms with Gasteiger partial charge < -0.3 is 14.8 Å². The summed E-state index contributed by atoms with van der Waals surface area (Å²) in [6, 6.07) is 6.24. The maximum Gasteiger partial charge on any atom is 0.223 e. The van der Waals surface area contributed by atoms with E-state index in [-0.39, 0.29) is 17.6 Å². The lowest BCUT2D eigenvalue weighted by Gasteiger charge is -2.22. The van der Waals surface area contributed by atoms with Gasteiger partial charge in [-0.3, -0.25) is 4.79 Å². The molecule has 1 aliphatic rings. The molecule has 1 heterocycles. The molecule has 1 N–H and O–H groups in total. The van der Waals surface area contributed by atoms with Gasteiger partial charge in [0.15, 0.2) is 5.79 Å². The predicted molar refractivity (Wildman–Crippen MR) is 77.2 cm³/mol. The number of halogens is 1. The highest BCUT2D eigenvalue weighted by molar-refractivity contribution is 5.78. The lowest BCUT2D eigenvalue weighted by Crippen LogP contribution is -2.36. The largest absolute Gasteiger partial charge is 0.356 e. The molecule has 0 aliphatic carbocycles. The Labute approximate surface area is 124 Å². The van der Waals surface area contributed by atoms with Gasteiger partial charge in [-0.15, -0.1) is 0 Å². The Hall–Kier alpha value is -1.46. The molecule has 21 heavy (non-hydrogen) atoms. The highest BCUT2D eigenvalue weighted by atomic mass is 19.1. The van der Waals surface area contributed by atoms with Crippen LogP contribution in [0.4, 0.5) is 4.39 Å². The summed E-state index contributed by atoms with van der Waals surface area (Å²) in [4.78, 5) is 12.0. The first-order valence-electron chi connectivity index (χ1n) is 7.29. The molecule has 0 aromatic heterocycles. The molecule has 4 nitrogen and oxygen atoms in total. The van der Waals surface area contributed by atoms with Gasteiger partial charge >= 0.3 is 0 Å². The minimum Gasteiger partial charge on any atom is -0.356 e. The van der Waals surface area contributed by atoms with Crippen molar-refractivity contribution in [2.24, 2.45) is 5.92 Å². The fourth-order valence-electron chi connectivity index (χ4n) is 2.35. The molecular formula is C16H22FNO3. The van der Waals surface area contributed by atoms with Crippen molar-refractivity contribution in [1.82, 2.24) is 5.32 Å². The molecule has 0 saturated carbocycles. The van der Waals surface area contributed by atoms with E-state index in [2.05, 4.69) is 5.32 Å². The Morgan fingerprint density at radius 3 is 2.57 bits per heavy atom. The van der Waals surface area contributed by atoms with Crippen molar-refractivity contribution in [2.45, 2.75) is 32.5 Å². The average Bonchev–Trinajstić information content (AvgIpc) is 2.88. The highest BCUT2D eigenvalue weighted by Gasteiger charge is 2.30. The van der Waals surface area contributed by atoms with Crippen LogP contribution in [-0.4, -0.2) is 31.5 Å². The van der Waals surface area contributed by atoms with Crippen LogP contribution in [0.3, 0.4) is 0 Å². The number of carbonyl (C=O) groups excluding carboxylic acids is 1. The van der Waals surface area contributed by atoms with Crippen LogP contribution < -0.4 is 5.32 Å². The summed E-state index contributed by atoms with van der Waals surface area (Å²) in [6.45, 7) is 5.47. The summed E-state index contributed by atoms with van der Waals surface area (Å²) in [5.41, 5.74) is 0.952. The second-order valence-electron chi connectivity index (χ2n) is 5.60. The van der Waals surface area contributed by atoms with Gasteiger partial charge in [0.2, 0.25) is 5.91 Å². The Balaban J connectivity index is 1.73. The summed E-state index contributed by atoms with van der Waals surface area (Å²) in [7, 11) is 0. The van der Waals surface area contributed by atoms with Crippen molar-refractivity contribution in [3.05, 3.63) is 35.6 Å². The molecule has 1 atom stereocenters. The average molecular weight is 295 g/mol. The first-order chi connectivity index (χ1) is 9.98. The van der Waals surface area contributed by atoms with Gasteiger partial charge in [-0.25, -0.2) is 4.39 Å². The van der Waals surface area contributed by atoms with Gasteiger partial charge in [-0.05, 0) is 31.0 Å². The maximum absolute atomic E-state index is 12.8. The van der Waals surface area contributed by atoms with Crippen LogP contribution in [0, 0.1) is 11.7 Å². The molecule has 1 fully saturated rings. The number of benzene rings is 1. The third-order valence-electron chi connectivity index (χ3n) is 3.68. The molecule has 0 radical (unpaired) electrons. The Kier molecular flexibility index (Phi) is 5.31. The minimum absolute atomic E-state index is 0.0130. The zero-order valence-electron chi connectivity index (χ0n) is 12.5. The zero-order valence-corrected chi connectivity index (χ0v) is 12.5. The lowest BCUT2D eigenvalue weighted by molar-refractivity contribution is -0.146. The van der Waals surface area contributed by atoms with E-state index in [4.69, 9.17) is 9.47 Å². The van der Waals surface area contributed by atoms with E-state index in [1.165, 1.54) is 12.1 Å². The molecule has 116 valence electrons. The van der Waals surface area contributed by atoms with Crippen molar-refractivity contribution in [3.8, 4) is 0 Å². The number of hydrogen-bond donors (Lipinski definition) is 1. The fraction of sp³-hybridized carbons (Fsp3) is 0.562. The minimum atomic E-state index is -0.576. The predicted octanol–water partition coefficient (Wildman–Crippen LogP) is 2.27. The number of rotatable bonds is 6. The lowest BCUT2D eigenvalue weighted by atomic mass is 10.0. The van der Waals surface area contributed by atoms with Crippen molar-refractivity contribution in [1.29, 1.82) is 0 Å².